The van der Waals surface area contributed by atoms with Gasteiger partial charge >= 0.3 is 0 Å². The number of carbonyl (C=O) groups excluding carboxylic acids is 1. The number of alkyl halides is 1. The molecule has 1 aromatic carbocycles. The van der Waals surface area contributed by atoms with E-state index in [0.29, 0.717) is 5.88 Å². The maximum Gasteiger partial charge on any atom is 0.169 e. The Morgan fingerprint density at radius 3 is 2.41 bits per heavy atom. The van der Waals surface area contributed by atoms with Crippen molar-refractivity contribution >= 4 is 28.7 Å². The number of thiophene rings is 1. The van der Waals surface area contributed by atoms with Crippen molar-refractivity contribution in [3.63, 3.8) is 0 Å². The van der Waals surface area contributed by atoms with Crippen LogP contribution in [0.15, 0.2) is 30.3 Å². The minimum atomic E-state index is 0.0672. The summed E-state index contributed by atoms with van der Waals surface area (Å²) in [6.07, 6.45) is 0. The fourth-order valence-electron chi connectivity index (χ4n) is 2.80. The SMILES string of the molecule is CC(=O)c1ccc(C(c2ccc(C)c(CCl)c2)C(C)(C)C)s1. The Balaban J connectivity index is 2.53. The average Bonchev–Trinajstić information content (AvgIpc) is 2.88. The molecule has 0 amide bonds. The van der Waals surface area contributed by atoms with Crippen LogP contribution in [-0.4, -0.2) is 5.78 Å². The van der Waals surface area contributed by atoms with E-state index in [1.54, 1.807) is 18.3 Å². The van der Waals surface area contributed by atoms with E-state index in [9.17, 15) is 4.79 Å². The molecule has 0 bridgehead atoms. The number of carbonyl (C=O) groups is 1. The molecule has 0 radical (unpaired) electrons. The molecule has 1 heterocycles. The molecule has 0 aliphatic carbocycles. The third-order valence-electron chi connectivity index (χ3n) is 3.97. The lowest BCUT2D eigenvalue weighted by Gasteiger charge is -2.31. The molecule has 0 fully saturated rings. The standard InChI is InChI=1S/C19H23ClOS/c1-12-6-7-14(10-15(12)11-20)18(19(3,4)5)17-9-8-16(22-17)13(2)21/h6-10,18H,11H2,1-5H3. The van der Waals surface area contributed by atoms with Gasteiger partial charge in [-0.1, -0.05) is 39.0 Å². The van der Waals surface area contributed by atoms with Crippen LogP contribution in [0.4, 0.5) is 0 Å². The minimum absolute atomic E-state index is 0.0672. The van der Waals surface area contributed by atoms with Gasteiger partial charge in [-0.15, -0.1) is 22.9 Å². The van der Waals surface area contributed by atoms with Crippen LogP contribution in [0.1, 0.15) is 64.9 Å². The highest BCUT2D eigenvalue weighted by atomic mass is 35.5. The van der Waals surface area contributed by atoms with Crippen molar-refractivity contribution in [2.45, 2.75) is 46.4 Å². The summed E-state index contributed by atoms with van der Waals surface area (Å²) in [5.41, 5.74) is 3.74. The summed E-state index contributed by atoms with van der Waals surface area (Å²) in [7, 11) is 0. The van der Waals surface area contributed by atoms with E-state index in [4.69, 9.17) is 11.6 Å². The first-order valence-electron chi connectivity index (χ1n) is 7.50. The van der Waals surface area contributed by atoms with Gasteiger partial charge in [0.05, 0.1) is 4.88 Å². The molecule has 0 saturated carbocycles. The largest absolute Gasteiger partial charge is 0.294 e. The van der Waals surface area contributed by atoms with Gasteiger partial charge in [-0.2, -0.15) is 0 Å². The first-order valence-corrected chi connectivity index (χ1v) is 8.85. The van der Waals surface area contributed by atoms with Gasteiger partial charge in [0, 0.05) is 16.7 Å². The van der Waals surface area contributed by atoms with Crippen molar-refractivity contribution in [1.82, 2.24) is 0 Å². The number of aryl methyl sites for hydroxylation is 1. The van der Waals surface area contributed by atoms with Crippen LogP contribution in [0, 0.1) is 12.3 Å². The smallest absolute Gasteiger partial charge is 0.169 e. The third kappa shape index (κ3) is 3.61. The summed E-state index contributed by atoms with van der Waals surface area (Å²) in [6.45, 7) is 10.4. The Bertz CT molecular complexity index is 679. The van der Waals surface area contributed by atoms with E-state index in [2.05, 4.69) is 52.0 Å². The van der Waals surface area contributed by atoms with E-state index < -0.39 is 0 Å². The zero-order valence-electron chi connectivity index (χ0n) is 13.9. The fourth-order valence-corrected chi connectivity index (χ4v) is 4.37. The Morgan fingerprint density at radius 2 is 1.91 bits per heavy atom. The van der Waals surface area contributed by atoms with Crippen molar-refractivity contribution in [3.05, 3.63) is 56.8 Å². The normalized spacial score (nSPS) is 13.2. The summed E-state index contributed by atoms with van der Waals surface area (Å²) in [6, 6.07) is 10.6. The Hall–Kier alpha value is -1.12. The Kier molecular flexibility index (Phi) is 5.14. The molecule has 1 atom stereocenters. The molecule has 3 heteroatoms. The Labute approximate surface area is 142 Å². The summed E-state index contributed by atoms with van der Waals surface area (Å²) >= 11 is 7.68. The molecule has 0 spiro atoms. The van der Waals surface area contributed by atoms with Gasteiger partial charge < -0.3 is 0 Å². The van der Waals surface area contributed by atoms with E-state index in [1.807, 2.05) is 6.07 Å². The number of benzene rings is 1. The molecule has 2 aromatic rings. The van der Waals surface area contributed by atoms with Crippen molar-refractivity contribution < 1.29 is 4.79 Å². The summed E-state index contributed by atoms with van der Waals surface area (Å²) < 4.78 is 0. The quantitative estimate of drug-likeness (QED) is 0.482. The van der Waals surface area contributed by atoms with Gasteiger partial charge in [-0.3, -0.25) is 4.79 Å². The highest BCUT2D eigenvalue weighted by Crippen LogP contribution is 2.43. The maximum absolute atomic E-state index is 11.6. The van der Waals surface area contributed by atoms with Crippen LogP contribution in [0.2, 0.25) is 0 Å². The van der Waals surface area contributed by atoms with Crippen LogP contribution in [0.5, 0.6) is 0 Å². The molecular weight excluding hydrogens is 312 g/mol. The van der Waals surface area contributed by atoms with Gasteiger partial charge in [-0.05, 0) is 48.1 Å². The predicted octanol–water partition coefficient (Wildman–Crippen LogP) is 6.18. The van der Waals surface area contributed by atoms with Gasteiger partial charge in [0.2, 0.25) is 0 Å². The van der Waals surface area contributed by atoms with E-state index in [1.165, 1.54) is 21.6 Å². The zero-order chi connectivity index (χ0) is 16.5. The van der Waals surface area contributed by atoms with Crippen LogP contribution < -0.4 is 0 Å². The summed E-state index contributed by atoms with van der Waals surface area (Å²) in [5, 5.41) is 0. The number of halogens is 1. The molecule has 1 unspecified atom stereocenters. The van der Waals surface area contributed by atoms with Crippen molar-refractivity contribution in [3.8, 4) is 0 Å². The zero-order valence-corrected chi connectivity index (χ0v) is 15.4. The third-order valence-corrected chi connectivity index (χ3v) is 5.51. The van der Waals surface area contributed by atoms with Crippen molar-refractivity contribution in [1.29, 1.82) is 0 Å². The van der Waals surface area contributed by atoms with E-state index in [0.717, 1.165) is 4.88 Å². The first-order chi connectivity index (χ1) is 10.2. The van der Waals surface area contributed by atoms with Crippen LogP contribution >= 0.6 is 22.9 Å². The average molecular weight is 335 g/mol. The topological polar surface area (TPSA) is 17.1 Å². The number of ketones is 1. The highest BCUT2D eigenvalue weighted by molar-refractivity contribution is 7.14. The second-order valence-electron chi connectivity index (χ2n) is 6.88. The molecule has 1 nitrogen and oxygen atoms in total. The molecule has 118 valence electrons. The van der Waals surface area contributed by atoms with Crippen molar-refractivity contribution in [2.75, 3.05) is 0 Å². The Morgan fingerprint density at radius 1 is 1.23 bits per heavy atom. The molecule has 1 aromatic heterocycles. The van der Waals surface area contributed by atoms with E-state index in [-0.39, 0.29) is 17.1 Å². The predicted molar refractivity (Wildman–Crippen MR) is 96.4 cm³/mol. The second kappa shape index (κ2) is 6.55. The lowest BCUT2D eigenvalue weighted by molar-refractivity contribution is 0.102. The second-order valence-corrected chi connectivity index (χ2v) is 8.26. The molecular formula is C19H23ClOS. The molecule has 0 aliphatic rings. The number of hydrogen-bond acceptors (Lipinski definition) is 2. The van der Waals surface area contributed by atoms with E-state index >= 15 is 0 Å². The van der Waals surface area contributed by atoms with Gasteiger partial charge in [0.25, 0.3) is 0 Å². The summed E-state index contributed by atoms with van der Waals surface area (Å²) in [5.74, 6) is 0.919. The highest BCUT2D eigenvalue weighted by Gasteiger charge is 2.29. The number of hydrogen-bond donors (Lipinski definition) is 0. The summed E-state index contributed by atoms with van der Waals surface area (Å²) in [4.78, 5) is 13.7. The van der Waals surface area contributed by atoms with Crippen LogP contribution in [-0.2, 0) is 5.88 Å². The molecule has 0 N–H and O–H groups in total. The molecule has 2 rings (SSSR count). The maximum atomic E-state index is 11.6. The lowest BCUT2D eigenvalue weighted by Crippen LogP contribution is -2.19. The molecule has 22 heavy (non-hydrogen) atoms. The van der Waals surface area contributed by atoms with Gasteiger partial charge in [0.1, 0.15) is 0 Å². The monoisotopic (exact) mass is 334 g/mol. The van der Waals surface area contributed by atoms with Gasteiger partial charge in [-0.25, -0.2) is 0 Å². The number of Topliss-reactive ketones (excluding diaryl/α,β-unsaturated/α-hetero) is 1. The molecule has 0 aliphatic heterocycles. The molecule has 0 saturated heterocycles. The van der Waals surface area contributed by atoms with Crippen LogP contribution in [0.25, 0.3) is 0 Å². The number of rotatable bonds is 4. The first kappa shape index (κ1) is 17.2. The fraction of sp³-hybridized carbons (Fsp3) is 0.421. The lowest BCUT2D eigenvalue weighted by atomic mass is 9.75. The minimum Gasteiger partial charge on any atom is -0.294 e. The van der Waals surface area contributed by atoms with Crippen LogP contribution in [0.3, 0.4) is 0 Å². The van der Waals surface area contributed by atoms with Crippen molar-refractivity contribution in [2.24, 2.45) is 5.41 Å². The van der Waals surface area contributed by atoms with Gasteiger partial charge in [0.15, 0.2) is 5.78 Å².